The van der Waals surface area contributed by atoms with Crippen LogP contribution in [0.15, 0.2) is 11.5 Å². The van der Waals surface area contributed by atoms with Gasteiger partial charge in [-0.2, -0.15) is 0 Å². The fourth-order valence-corrected chi connectivity index (χ4v) is 0.657. The lowest BCUT2D eigenvalue weighted by Crippen LogP contribution is -2.10. The molecule has 1 aliphatic rings. The predicted molar refractivity (Wildman–Crippen MR) is 28.8 cm³/mol. The van der Waals surface area contributed by atoms with E-state index in [0.29, 0.717) is 0 Å². The normalized spacial score (nSPS) is 35.8. The van der Waals surface area contributed by atoms with Crippen LogP contribution in [0.3, 0.4) is 0 Å². The van der Waals surface area contributed by atoms with E-state index in [2.05, 4.69) is 4.74 Å². The molecule has 0 aromatic heterocycles. The topological polar surface area (TPSA) is 69.9 Å². The molecule has 2 atom stereocenters. The lowest BCUT2D eigenvalue weighted by molar-refractivity contribution is -0.0930. The van der Waals surface area contributed by atoms with E-state index in [1.165, 1.54) is 6.92 Å². The Morgan fingerprint density at radius 2 is 1.89 bits per heavy atom. The second kappa shape index (κ2) is 1.89. The van der Waals surface area contributed by atoms with Gasteiger partial charge in [-0.15, -0.1) is 0 Å². The molecule has 2 unspecified atom stereocenters. The van der Waals surface area contributed by atoms with Crippen LogP contribution in [0.5, 0.6) is 0 Å². The molecule has 9 heavy (non-hydrogen) atoms. The number of hydrogen-bond acceptors (Lipinski definition) is 4. The lowest BCUT2D eigenvalue weighted by Gasteiger charge is -2.02. The molecule has 0 aromatic carbocycles. The molecule has 0 aliphatic carbocycles. The van der Waals surface area contributed by atoms with E-state index in [4.69, 9.17) is 15.3 Å². The molecule has 3 N–H and O–H groups in total. The van der Waals surface area contributed by atoms with Crippen LogP contribution < -0.4 is 0 Å². The Kier molecular flexibility index (Phi) is 1.34. The maximum absolute atomic E-state index is 8.78. The van der Waals surface area contributed by atoms with Gasteiger partial charge in [0.25, 0.3) is 0 Å². The average molecular weight is 132 g/mol. The van der Waals surface area contributed by atoms with Crippen LogP contribution in [0.2, 0.25) is 0 Å². The summed E-state index contributed by atoms with van der Waals surface area (Å²) in [6.07, 6.45) is -1.94. The molecular weight excluding hydrogens is 124 g/mol. The first-order valence-electron chi connectivity index (χ1n) is 2.58. The van der Waals surface area contributed by atoms with Crippen LogP contribution in [0.1, 0.15) is 6.92 Å². The Labute approximate surface area is 52.0 Å². The van der Waals surface area contributed by atoms with Crippen LogP contribution in [0.25, 0.3) is 0 Å². The highest BCUT2D eigenvalue weighted by molar-refractivity contribution is 5.10. The third-order valence-electron chi connectivity index (χ3n) is 1.21. The standard InChI is InChI=1S/C5H8O4/c1-2-3(6)4(7)5(8)9-2/h2,5-8H,1H3. The monoisotopic (exact) mass is 132 g/mol. The van der Waals surface area contributed by atoms with E-state index in [0.717, 1.165) is 0 Å². The molecule has 0 amide bonds. The van der Waals surface area contributed by atoms with Crippen molar-refractivity contribution in [2.45, 2.75) is 19.3 Å². The van der Waals surface area contributed by atoms with E-state index in [9.17, 15) is 0 Å². The number of hydrogen-bond donors (Lipinski definition) is 3. The van der Waals surface area contributed by atoms with Gasteiger partial charge in [-0.05, 0) is 6.92 Å². The van der Waals surface area contributed by atoms with E-state index in [1.54, 1.807) is 0 Å². The van der Waals surface area contributed by atoms with Gasteiger partial charge in [0.15, 0.2) is 11.5 Å². The molecule has 1 rings (SSSR count). The zero-order valence-corrected chi connectivity index (χ0v) is 4.90. The van der Waals surface area contributed by atoms with E-state index >= 15 is 0 Å². The van der Waals surface area contributed by atoms with E-state index < -0.39 is 18.2 Å². The summed E-state index contributed by atoms with van der Waals surface area (Å²) in [4.78, 5) is 0. The molecule has 4 nitrogen and oxygen atoms in total. The van der Waals surface area contributed by atoms with Gasteiger partial charge in [0.2, 0.25) is 6.29 Å². The minimum absolute atomic E-state index is 0.289. The smallest absolute Gasteiger partial charge is 0.218 e. The van der Waals surface area contributed by atoms with Gasteiger partial charge in [0, 0.05) is 0 Å². The van der Waals surface area contributed by atoms with Crippen LogP contribution in [0.4, 0.5) is 0 Å². The molecule has 0 saturated carbocycles. The summed E-state index contributed by atoms with van der Waals surface area (Å²) in [6.45, 7) is 1.53. The zero-order valence-electron chi connectivity index (χ0n) is 4.90. The third-order valence-corrected chi connectivity index (χ3v) is 1.21. The molecule has 0 radical (unpaired) electrons. The van der Waals surface area contributed by atoms with Crippen LogP contribution in [-0.2, 0) is 4.74 Å². The van der Waals surface area contributed by atoms with Crippen molar-refractivity contribution in [2.24, 2.45) is 0 Å². The summed E-state index contributed by atoms with van der Waals surface area (Å²) in [5.41, 5.74) is 0. The summed E-state index contributed by atoms with van der Waals surface area (Å²) in [6, 6.07) is 0. The first kappa shape index (κ1) is 6.38. The first-order chi connectivity index (χ1) is 4.13. The highest BCUT2D eigenvalue weighted by Gasteiger charge is 2.29. The van der Waals surface area contributed by atoms with Gasteiger partial charge in [-0.3, -0.25) is 0 Å². The van der Waals surface area contributed by atoms with Gasteiger partial charge in [0.05, 0.1) is 0 Å². The van der Waals surface area contributed by atoms with Crippen LogP contribution in [-0.4, -0.2) is 27.7 Å². The van der Waals surface area contributed by atoms with Crippen LogP contribution >= 0.6 is 0 Å². The Hall–Kier alpha value is -0.740. The summed E-state index contributed by atoms with van der Waals surface area (Å²) in [5, 5.41) is 26.1. The zero-order chi connectivity index (χ0) is 7.02. The summed E-state index contributed by atoms with van der Waals surface area (Å²) in [7, 11) is 0. The Balaban J connectivity index is 2.79. The largest absolute Gasteiger partial charge is 0.506 e. The Morgan fingerprint density at radius 1 is 1.33 bits per heavy atom. The average Bonchev–Trinajstić information content (AvgIpc) is 1.98. The molecule has 0 spiro atoms. The maximum atomic E-state index is 8.78. The Morgan fingerprint density at radius 3 is 2.00 bits per heavy atom. The van der Waals surface area contributed by atoms with E-state index in [1.807, 2.05) is 0 Å². The second-order valence-corrected chi connectivity index (χ2v) is 1.90. The van der Waals surface area contributed by atoms with Crippen molar-refractivity contribution < 1.29 is 20.1 Å². The van der Waals surface area contributed by atoms with Gasteiger partial charge in [-0.25, -0.2) is 0 Å². The molecule has 1 heterocycles. The minimum atomic E-state index is -1.35. The van der Waals surface area contributed by atoms with Crippen molar-refractivity contribution in [3.05, 3.63) is 11.5 Å². The molecule has 52 valence electrons. The van der Waals surface area contributed by atoms with Crippen molar-refractivity contribution in [2.75, 3.05) is 0 Å². The molecular formula is C5H8O4. The number of aliphatic hydroxyl groups is 3. The van der Waals surface area contributed by atoms with Gasteiger partial charge in [-0.1, -0.05) is 0 Å². The fraction of sp³-hybridized carbons (Fsp3) is 0.600. The van der Waals surface area contributed by atoms with Crippen molar-refractivity contribution >= 4 is 0 Å². The second-order valence-electron chi connectivity index (χ2n) is 1.90. The number of rotatable bonds is 0. The first-order valence-corrected chi connectivity index (χ1v) is 2.58. The van der Waals surface area contributed by atoms with Crippen LogP contribution in [0, 0.1) is 0 Å². The number of ether oxygens (including phenoxy) is 1. The lowest BCUT2D eigenvalue weighted by atomic mass is 10.3. The quantitative estimate of drug-likeness (QED) is 0.435. The van der Waals surface area contributed by atoms with Gasteiger partial charge in [0.1, 0.15) is 6.10 Å². The van der Waals surface area contributed by atoms with Crippen molar-refractivity contribution in [3.8, 4) is 0 Å². The third kappa shape index (κ3) is 0.863. The summed E-state index contributed by atoms with van der Waals surface area (Å²) >= 11 is 0. The molecule has 0 saturated heterocycles. The molecule has 0 fully saturated rings. The summed E-state index contributed by atoms with van der Waals surface area (Å²) < 4.78 is 4.57. The molecule has 0 aromatic rings. The van der Waals surface area contributed by atoms with Crippen molar-refractivity contribution in [1.82, 2.24) is 0 Å². The van der Waals surface area contributed by atoms with Gasteiger partial charge < -0.3 is 20.1 Å². The fourth-order valence-electron chi connectivity index (χ4n) is 0.657. The van der Waals surface area contributed by atoms with E-state index in [-0.39, 0.29) is 5.76 Å². The predicted octanol–water partition coefficient (Wildman–Crippen LogP) is 0.0511. The van der Waals surface area contributed by atoms with Crippen molar-refractivity contribution in [3.63, 3.8) is 0 Å². The maximum Gasteiger partial charge on any atom is 0.218 e. The van der Waals surface area contributed by atoms with Crippen molar-refractivity contribution in [1.29, 1.82) is 0 Å². The highest BCUT2D eigenvalue weighted by atomic mass is 16.6. The SMILES string of the molecule is CC1OC(O)C(O)=C1O. The summed E-state index contributed by atoms with van der Waals surface area (Å²) in [5.74, 6) is -0.773. The molecule has 4 heteroatoms. The Bertz CT molecular complexity index is 135. The highest BCUT2D eigenvalue weighted by Crippen LogP contribution is 2.20. The molecule has 1 aliphatic heterocycles. The minimum Gasteiger partial charge on any atom is -0.506 e. The number of aliphatic hydroxyl groups excluding tert-OH is 3. The van der Waals surface area contributed by atoms with Gasteiger partial charge >= 0.3 is 0 Å². The molecule has 0 bridgehead atoms.